The summed E-state index contributed by atoms with van der Waals surface area (Å²) in [7, 11) is 0. The maximum atomic E-state index is 10.7. The van der Waals surface area contributed by atoms with Crippen LogP contribution in [0.4, 0.5) is 4.79 Å². The number of nitrogens with zero attached hydrogens (tertiary/aromatic N) is 2. The average Bonchev–Trinajstić information content (AvgIpc) is 2.68. The number of carbonyl (C=O) groups is 1. The Morgan fingerprint density at radius 1 is 1.47 bits per heavy atom. The van der Waals surface area contributed by atoms with E-state index >= 15 is 0 Å². The van der Waals surface area contributed by atoms with Crippen LogP contribution in [0.2, 0.25) is 0 Å². The topological polar surface area (TPSA) is 43.8 Å². The van der Waals surface area contributed by atoms with Crippen LogP contribution in [-0.4, -0.2) is 53.7 Å². The summed E-state index contributed by atoms with van der Waals surface area (Å²) >= 11 is 0. The zero-order valence-corrected chi connectivity index (χ0v) is 9.78. The number of rotatable bonds is 5. The summed E-state index contributed by atoms with van der Waals surface area (Å²) in [5.74, 6) is 0.571. The molecule has 0 radical (unpaired) electrons. The van der Waals surface area contributed by atoms with Gasteiger partial charge in [0, 0.05) is 13.1 Å². The Labute approximate surface area is 91.9 Å². The van der Waals surface area contributed by atoms with Gasteiger partial charge in [0.2, 0.25) is 0 Å². The molecule has 1 heterocycles. The van der Waals surface area contributed by atoms with E-state index in [9.17, 15) is 4.79 Å². The zero-order valence-electron chi connectivity index (χ0n) is 9.78. The van der Waals surface area contributed by atoms with E-state index in [0.29, 0.717) is 5.92 Å². The fourth-order valence-corrected chi connectivity index (χ4v) is 2.15. The summed E-state index contributed by atoms with van der Waals surface area (Å²) in [6.07, 6.45) is 1.40. The second-order valence-corrected chi connectivity index (χ2v) is 4.20. The quantitative estimate of drug-likeness (QED) is 0.757. The summed E-state index contributed by atoms with van der Waals surface area (Å²) < 4.78 is 0. The molecule has 4 nitrogen and oxygen atoms in total. The second kappa shape index (κ2) is 5.95. The molecule has 0 aromatic rings. The van der Waals surface area contributed by atoms with Gasteiger partial charge in [0.05, 0.1) is 0 Å². The highest BCUT2D eigenvalue weighted by Crippen LogP contribution is 2.19. The third kappa shape index (κ3) is 3.70. The molecule has 1 N–H and O–H groups in total. The Morgan fingerprint density at radius 3 is 2.60 bits per heavy atom. The summed E-state index contributed by atoms with van der Waals surface area (Å²) in [5.41, 5.74) is 0. The lowest BCUT2D eigenvalue weighted by Gasteiger charge is -2.20. The van der Waals surface area contributed by atoms with Crippen LogP contribution in [0.15, 0.2) is 0 Å². The molecule has 1 aliphatic rings. The highest BCUT2D eigenvalue weighted by atomic mass is 16.4. The first-order valence-electron chi connectivity index (χ1n) is 5.87. The Balaban J connectivity index is 2.21. The monoisotopic (exact) mass is 214 g/mol. The van der Waals surface area contributed by atoms with Gasteiger partial charge in [-0.05, 0) is 38.4 Å². The summed E-state index contributed by atoms with van der Waals surface area (Å²) in [5, 5.41) is 8.82. The predicted octanol–water partition coefficient (Wildman–Crippen LogP) is 1.72. The van der Waals surface area contributed by atoms with Gasteiger partial charge in [0.1, 0.15) is 0 Å². The Kier molecular flexibility index (Phi) is 4.88. The van der Waals surface area contributed by atoms with Crippen LogP contribution >= 0.6 is 0 Å². The van der Waals surface area contributed by atoms with Gasteiger partial charge < -0.3 is 14.9 Å². The van der Waals surface area contributed by atoms with Crippen LogP contribution < -0.4 is 0 Å². The van der Waals surface area contributed by atoms with Gasteiger partial charge in [-0.3, -0.25) is 0 Å². The molecule has 1 atom stereocenters. The van der Waals surface area contributed by atoms with Crippen LogP contribution in [0.3, 0.4) is 0 Å². The maximum absolute atomic E-state index is 10.7. The maximum Gasteiger partial charge on any atom is 0.407 e. The van der Waals surface area contributed by atoms with Gasteiger partial charge in [-0.1, -0.05) is 13.8 Å². The van der Waals surface area contributed by atoms with E-state index in [1.807, 2.05) is 0 Å². The molecule has 15 heavy (non-hydrogen) atoms. The Hall–Kier alpha value is -0.770. The van der Waals surface area contributed by atoms with Crippen molar-refractivity contribution in [3.8, 4) is 0 Å². The molecule has 1 rings (SSSR count). The van der Waals surface area contributed by atoms with Crippen LogP contribution in [0, 0.1) is 5.92 Å². The molecule has 0 unspecified atom stereocenters. The molecule has 0 aliphatic carbocycles. The van der Waals surface area contributed by atoms with Gasteiger partial charge in [-0.15, -0.1) is 0 Å². The molecule has 0 saturated carbocycles. The molecule has 88 valence electrons. The molecule has 0 bridgehead atoms. The van der Waals surface area contributed by atoms with Crippen molar-refractivity contribution in [2.45, 2.75) is 26.7 Å². The fraction of sp³-hybridized carbons (Fsp3) is 0.909. The summed E-state index contributed by atoms with van der Waals surface area (Å²) in [6, 6.07) is 0. The SMILES string of the molecule is CCN(CC)CC[C@@H]1CCN(C(=O)O)C1. The van der Waals surface area contributed by atoms with Crippen molar-refractivity contribution in [1.82, 2.24) is 9.80 Å². The molecule has 0 spiro atoms. The Bertz CT molecular complexity index is 205. The van der Waals surface area contributed by atoms with Crippen molar-refractivity contribution in [3.63, 3.8) is 0 Å². The molecular weight excluding hydrogens is 192 g/mol. The highest BCUT2D eigenvalue weighted by molar-refractivity contribution is 5.65. The lowest BCUT2D eigenvalue weighted by molar-refractivity contribution is 0.153. The first kappa shape index (κ1) is 12.3. The van der Waals surface area contributed by atoms with Crippen LogP contribution in [0.5, 0.6) is 0 Å². The highest BCUT2D eigenvalue weighted by Gasteiger charge is 2.25. The lowest BCUT2D eigenvalue weighted by Crippen LogP contribution is -2.28. The minimum atomic E-state index is -0.764. The summed E-state index contributed by atoms with van der Waals surface area (Å²) in [4.78, 5) is 14.6. The van der Waals surface area contributed by atoms with Crippen molar-refractivity contribution >= 4 is 6.09 Å². The first-order chi connectivity index (χ1) is 7.17. The molecule has 1 aliphatic heterocycles. The predicted molar refractivity (Wildman–Crippen MR) is 60.1 cm³/mol. The van der Waals surface area contributed by atoms with E-state index < -0.39 is 6.09 Å². The molecule has 0 aromatic carbocycles. The van der Waals surface area contributed by atoms with Crippen LogP contribution in [0.25, 0.3) is 0 Å². The van der Waals surface area contributed by atoms with Crippen molar-refractivity contribution in [2.75, 3.05) is 32.7 Å². The zero-order chi connectivity index (χ0) is 11.3. The first-order valence-corrected chi connectivity index (χ1v) is 5.87. The molecule has 1 amide bonds. The lowest BCUT2D eigenvalue weighted by atomic mass is 10.0. The number of hydrogen-bond donors (Lipinski definition) is 1. The normalized spacial score (nSPS) is 21.3. The van der Waals surface area contributed by atoms with E-state index in [-0.39, 0.29) is 0 Å². The van der Waals surface area contributed by atoms with E-state index in [1.54, 1.807) is 0 Å². The van der Waals surface area contributed by atoms with Gasteiger partial charge in [0.15, 0.2) is 0 Å². The van der Waals surface area contributed by atoms with Crippen molar-refractivity contribution in [3.05, 3.63) is 0 Å². The van der Waals surface area contributed by atoms with Crippen LogP contribution in [0.1, 0.15) is 26.7 Å². The minimum Gasteiger partial charge on any atom is -0.465 e. The van der Waals surface area contributed by atoms with E-state index in [1.165, 1.54) is 4.90 Å². The van der Waals surface area contributed by atoms with Gasteiger partial charge in [0.25, 0.3) is 0 Å². The fourth-order valence-electron chi connectivity index (χ4n) is 2.15. The number of carboxylic acid groups (broad SMARTS) is 1. The van der Waals surface area contributed by atoms with Gasteiger partial charge in [-0.25, -0.2) is 4.79 Å². The van der Waals surface area contributed by atoms with Crippen molar-refractivity contribution in [2.24, 2.45) is 5.92 Å². The number of hydrogen-bond acceptors (Lipinski definition) is 2. The van der Waals surface area contributed by atoms with Gasteiger partial charge >= 0.3 is 6.09 Å². The number of likely N-dealkylation sites (tertiary alicyclic amines) is 1. The van der Waals surface area contributed by atoms with Crippen molar-refractivity contribution in [1.29, 1.82) is 0 Å². The van der Waals surface area contributed by atoms with E-state index in [0.717, 1.165) is 45.6 Å². The smallest absolute Gasteiger partial charge is 0.407 e. The second-order valence-electron chi connectivity index (χ2n) is 4.20. The molecule has 0 aromatic heterocycles. The van der Waals surface area contributed by atoms with Gasteiger partial charge in [-0.2, -0.15) is 0 Å². The third-order valence-electron chi connectivity index (χ3n) is 3.30. The molecule has 4 heteroatoms. The summed E-state index contributed by atoms with van der Waals surface area (Å²) in [6.45, 7) is 9.07. The Morgan fingerprint density at radius 2 is 2.13 bits per heavy atom. The van der Waals surface area contributed by atoms with Crippen molar-refractivity contribution < 1.29 is 9.90 Å². The largest absolute Gasteiger partial charge is 0.465 e. The van der Waals surface area contributed by atoms with E-state index in [4.69, 9.17) is 5.11 Å². The van der Waals surface area contributed by atoms with E-state index in [2.05, 4.69) is 18.7 Å². The average molecular weight is 214 g/mol. The molecule has 1 fully saturated rings. The number of amides is 1. The minimum absolute atomic E-state index is 0.571. The molecular formula is C11H22N2O2. The van der Waals surface area contributed by atoms with Crippen LogP contribution in [-0.2, 0) is 0 Å². The standard InChI is InChI=1S/C11H22N2O2/c1-3-12(4-2)7-5-10-6-8-13(9-10)11(14)15/h10H,3-9H2,1-2H3,(H,14,15)/t10-/m1/s1. The third-order valence-corrected chi connectivity index (χ3v) is 3.30. The molecule has 1 saturated heterocycles.